The SMILES string of the molecule is O=C(O)CNC1CCCN(C2CCCCC2)C1. The van der Waals surface area contributed by atoms with Crippen molar-refractivity contribution < 1.29 is 9.90 Å². The molecule has 0 amide bonds. The smallest absolute Gasteiger partial charge is 0.317 e. The number of likely N-dealkylation sites (tertiary alicyclic amines) is 1. The Morgan fingerprint density at radius 1 is 1.18 bits per heavy atom. The van der Waals surface area contributed by atoms with E-state index in [1.807, 2.05) is 0 Å². The number of carboxylic acid groups (broad SMARTS) is 1. The number of nitrogens with one attached hydrogen (secondary N) is 1. The first-order valence-corrected chi connectivity index (χ1v) is 6.95. The number of hydrogen-bond donors (Lipinski definition) is 2. The average molecular weight is 240 g/mol. The maximum absolute atomic E-state index is 10.5. The van der Waals surface area contributed by atoms with Crippen LogP contribution in [0.3, 0.4) is 0 Å². The first kappa shape index (κ1) is 12.8. The van der Waals surface area contributed by atoms with Crippen LogP contribution < -0.4 is 5.32 Å². The van der Waals surface area contributed by atoms with Crippen molar-refractivity contribution in [3.8, 4) is 0 Å². The van der Waals surface area contributed by atoms with E-state index in [1.54, 1.807) is 0 Å². The summed E-state index contributed by atoms with van der Waals surface area (Å²) in [5.74, 6) is -0.750. The van der Waals surface area contributed by atoms with E-state index in [2.05, 4.69) is 10.2 Å². The molecule has 2 N–H and O–H groups in total. The topological polar surface area (TPSA) is 52.6 Å². The lowest BCUT2D eigenvalue weighted by atomic mass is 9.92. The average Bonchev–Trinajstić information content (AvgIpc) is 2.38. The van der Waals surface area contributed by atoms with Crippen LogP contribution in [0, 0.1) is 0 Å². The molecule has 2 rings (SSSR count). The van der Waals surface area contributed by atoms with Gasteiger partial charge in [0.25, 0.3) is 0 Å². The molecule has 0 aromatic heterocycles. The van der Waals surface area contributed by atoms with E-state index in [1.165, 1.54) is 45.1 Å². The first-order valence-electron chi connectivity index (χ1n) is 6.95. The quantitative estimate of drug-likeness (QED) is 0.781. The van der Waals surface area contributed by atoms with E-state index >= 15 is 0 Å². The predicted molar refractivity (Wildman–Crippen MR) is 67.1 cm³/mol. The fraction of sp³-hybridized carbons (Fsp3) is 0.923. The van der Waals surface area contributed by atoms with E-state index in [9.17, 15) is 4.79 Å². The Balaban J connectivity index is 1.77. The normalized spacial score (nSPS) is 28.1. The summed E-state index contributed by atoms with van der Waals surface area (Å²) in [5, 5.41) is 11.8. The van der Waals surface area contributed by atoms with Crippen molar-refractivity contribution in [2.45, 2.75) is 57.0 Å². The molecule has 0 spiro atoms. The molecule has 98 valence electrons. The van der Waals surface area contributed by atoms with Crippen molar-refractivity contribution in [1.82, 2.24) is 10.2 Å². The molecular formula is C13H24N2O2. The third kappa shape index (κ3) is 3.96. The molecule has 0 aromatic carbocycles. The standard InChI is InChI=1S/C13H24N2O2/c16-13(17)9-14-11-5-4-8-15(10-11)12-6-2-1-3-7-12/h11-12,14H,1-10H2,(H,16,17). The van der Waals surface area contributed by atoms with E-state index in [0.717, 1.165) is 19.0 Å². The molecule has 0 radical (unpaired) electrons. The van der Waals surface area contributed by atoms with Crippen LogP contribution in [0.5, 0.6) is 0 Å². The molecule has 1 saturated heterocycles. The zero-order valence-electron chi connectivity index (χ0n) is 10.5. The van der Waals surface area contributed by atoms with Gasteiger partial charge in [0.2, 0.25) is 0 Å². The Labute approximate surface area is 103 Å². The number of nitrogens with zero attached hydrogens (tertiary/aromatic N) is 1. The van der Waals surface area contributed by atoms with E-state index < -0.39 is 5.97 Å². The zero-order chi connectivity index (χ0) is 12.1. The van der Waals surface area contributed by atoms with Gasteiger partial charge in [0.05, 0.1) is 6.54 Å². The highest BCUT2D eigenvalue weighted by atomic mass is 16.4. The maximum atomic E-state index is 10.5. The highest BCUT2D eigenvalue weighted by Crippen LogP contribution is 2.25. The van der Waals surface area contributed by atoms with Crippen LogP contribution in [0.4, 0.5) is 0 Å². The van der Waals surface area contributed by atoms with Crippen LogP contribution >= 0.6 is 0 Å². The number of hydrogen-bond acceptors (Lipinski definition) is 3. The Morgan fingerprint density at radius 2 is 1.94 bits per heavy atom. The van der Waals surface area contributed by atoms with Crippen molar-refractivity contribution in [3.63, 3.8) is 0 Å². The van der Waals surface area contributed by atoms with Crippen molar-refractivity contribution in [3.05, 3.63) is 0 Å². The Kier molecular flexibility index (Phi) is 4.80. The van der Waals surface area contributed by atoms with Gasteiger partial charge in [0, 0.05) is 18.6 Å². The lowest BCUT2D eigenvalue weighted by Gasteiger charge is -2.40. The predicted octanol–water partition coefficient (Wildman–Crippen LogP) is 1.46. The van der Waals surface area contributed by atoms with Crippen LogP contribution in [-0.4, -0.2) is 47.7 Å². The Morgan fingerprint density at radius 3 is 2.65 bits per heavy atom. The summed E-state index contributed by atoms with van der Waals surface area (Å²) in [6.07, 6.45) is 9.13. The summed E-state index contributed by atoms with van der Waals surface area (Å²) < 4.78 is 0. The number of carboxylic acids is 1. The minimum absolute atomic E-state index is 0.100. The summed E-state index contributed by atoms with van der Waals surface area (Å²) in [6.45, 7) is 2.34. The molecule has 1 heterocycles. The maximum Gasteiger partial charge on any atom is 0.317 e. The molecule has 0 aromatic rings. The molecule has 0 bridgehead atoms. The van der Waals surface area contributed by atoms with Gasteiger partial charge in [-0.3, -0.25) is 9.69 Å². The van der Waals surface area contributed by atoms with E-state index in [-0.39, 0.29) is 6.54 Å². The molecule has 17 heavy (non-hydrogen) atoms. The van der Waals surface area contributed by atoms with Crippen LogP contribution in [-0.2, 0) is 4.79 Å². The monoisotopic (exact) mass is 240 g/mol. The third-order valence-corrected chi connectivity index (χ3v) is 4.09. The van der Waals surface area contributed by atoms with Gasteiger partial charge >= 0.3 is 5.97 Å². The van der Waals surface area contributed by atoms with Gasteiger partial charge in [-0.1, -0.05) is 19.3 Å². The number of carbonyl (C=O) groups is 1. The molecule has 4 heteroatoms. The van der Waals surface area contributed by atoms with Crippen molar-refractivity contribution in [2.24, 2.45) is 0 Å². The Hall–Kier alpha value is -0.610. The fourth-order valence-electron chi connectivity index (χ4n) is 3.18. The lowest BCUT2D eigenvalue weighted by molar-refractivity contribution is -0.136. The molecule has 2 fully saturated rings. The van der Waals surface area contributed by atoms with Crippen LogP contribution in [0.2, 0.25) is 0 Å². The second-order valence-corrected chi connectivity index (χ2v) is 5.40. The minimum atomic E-state index is -0.750. The van der Waals surface area contributed by atoms with E-state index in [4.69, 9.17) is 5.11 Å². The van der Waals surface area contributed by atoms with Crippen LogP contribution in [0.15, 0.2) is 0 Å². The van der Waals surface area contributed by atoms with Gasteiger partial charge in [-0.05, 0) is 32.2 Å². The van der Waals surface area contributed by atoms with Gasteiger partial charge < -0.3 is 10.4 Å². The summed E-state index contributed by atoms with van der Waals surface area (Å²) in [4.78, 5) is 13.1. The largest absolute Gasteiger partial charge is 0.480 e. The third-order valence-electron chi connectivity index (χ3n) is 4.09. The minimum Gasteiger partial charge on any atom is -0.480 e. The summed E-state index contributed by atoms with van der Waals surface area (Å²) >= 11 is 0. The second-order valence-electron chi connectivity index (χ2n) is 5.40. The molecule has 1 atom stereocenters. The van der Waals surface area contributed by atoms with Gasteiger partial charge in [-0.25, -0.2) is 0 Å². The zero-order valence-corrected chi connectivity index (χ0v) is 10.5. The highest BCUT2D eigenvalue weighted by molar-refractivity contribution is 5.69. The summed E-state index contributed by atoms with van der Waals surface area (Å²) in [6, 6.07) is 1.14. The van der Waals surface area contributed by atoms with Crippen molar-refractivity contribution in [2.75, 3.05) is 19.6 Å². The highest BCUT2D eigenvalue weighted by Gasteiger charge is 2.26. The first-order chi connectivity index (χ1) is 8.25. The number of piperidine rings is 1. The molecular weight excluding hydrogens is 216 g/mol. The van der Waals surface area contributed by atoms with Crippen molar-refractivity contribution >= 4 is 5.97 Å². The molecule has 4 nitrogen and oxygen atoms in total. The molecule has 1 unspecified atom stereocenters. The fourth-order valence-corrected chi connectivity index (χ4v) is 3.18. The lowest BCUT2D eigenvalue weighted by Crippen LogP contribution is -2.50. The van der Waals surface area contributed by atoms with Gasteiger partial charge in [-0.2, -0.15) is 0 Å². The van der Waals surface area contributed by atoms with Gasteiger partial charge in [-0.15, -0.1) is 0 Å². The van der Waals surface area contributed by atoms with Crippen LogP contribution in [0.25, 0.3) is 0 Å². The number of aliphatic carboxylic acids is 1. The summed E-state index contributed by atoms with van der Waals surface area (Å²) in [7, 11) is 0. The van der Waals surface area contributed by atoms with Crippen molar-refractivity contribution in [1.29, 1.82) is 0 Å². The van der Waals surface area contributed by atoms with E-state index in [0.29, 0.717) is 6.04 Å². The summed E-state index contributed by atoms with van der Waals surface area (Å²) in [5.41, 5.74) is 0. The molecule has 2 aliphatic rings. The molecule has 1 saturated carbocycles. The number of rotatable bonds is 4. The molecule has 1 aliphatic carbocycles. The van der Waals surface area contributed by atoms with Gasteiger partial charge in [0.15, 0.2) is 0 Å². The van der Waals surface area contributed by atoms with Crippen LogP contribution in [0.1, 0.15) is 44.9 Å². The molecule has 1 aliphatic heterocycles. The van der Waals surface area contributed by atoms with Gasteiger partial charge in [0.1, 0.15) is 0 Å². The Bertz CT molecular complexity index is 252. The second kappa shape index (κ2) is 6.36.